The van der Waals surface area contributed by atoms with Crippen molar-refractivity contribution in [1.29, 1.82) is 0 Å². The summed E-state index contributed by atoms with van der Waals surface area (Å²) >= 11 is 4.68. The van der Waals surface area contributed by atoms with Crippen molar-refractivity contribution in [2.75, 3.05) is 23.0 Å². The molecule has 1 aliphatic heterocycles. The van der Waals surface area contributed by atoms with Crippen molar-refractivity contribution in [2.45, 2.75) is 13.3 Å². The Balaban J connectivity index is 1.70. The third-order valence-electron chi connectivity index (χ3n) is 3.85. The Labute approximate surface area is 181 Å². The number of amides is 1. The third-order valence-corrected chi connectivity index (χ3v) is 5.29. The maximum absolute atomic E-state index is 12.3. The minimum absolute atomic E-state index is 0.104. The fraction of sp³-hybridized carbons (Fsp3) is 0.190. The van der Waals surface area contributed by atoms with Crippen molar-refractivity contribution in [3.8, 4) is 0 Å². The molecule has 1 amide bonds. The van der Waals surface area contributed by atoms with Gasteiger partial charge in [-0.05, 0) is 49.4 Å². The van der Waals surface area contributed by atoms with Crippen LogP contribution in [0, 0.1) is 0 Å². The van der Waals surface area contributed by atoms with Gasteiger partial charge in [-0.15, -0.1) is 0 Å². The van der Waals surface area contributed by atoms with Gasteiger partial charge < -0.3 is 15.4 Å². The van der Waals surface area contributed by atoms with E-state index in [2.05, 4.69) is 31.6 Å². The third kappa shape index (κ3) is 6.47. The van der Waals surface area contributed by atoms with Crippen molar-refractivity contribution in [3.63, 3.8) is 0 Å². The van der Waals surface area contributed by atoms with Gasteiger partial charge in [0.2, 0.25) is 5.91 Å². The molecule has 29 heavy (non-hydrogen) atoms. The Bertz CT molecular complexity index is 958. The molecule has 0 saturated carbocycles. The predicted molar refractivity (Wildman–Crippen MR) is 122 cm³/mol. The lowest BCUT2D eigenvalue weighted by molar-refractivity contribution is -0.142. The van der Waals surface area contributed by atoms with E-state index in [9.17, 15) is 9.59 Å². The fourth-order valence-corrected chi connectivity index (χ4v) is 3.60. The van der Waals surface area contributed by atoms with Gasteiger partial charge in [-0.25, -0.2) is 4.99 Å². The van der Waals surface area contributed by atoms with Crippen LogP contribution >= 0.6 is 27.7 Å². The summed E-state index contributed by atoms with van der Waals surface area (Å²) in [5, 5.41) is 6.74. The van der Waals surface area contributed by atoms with E-state index in [4.69, 9.17) is 4.74 Å². The molecular formula is C21H20BrN3O3S. The van der Waals surface area contributed by atoms with Gasteiger partial charge in [0.05, 0.1) is 35.2 Å². The van der Waals surface area contributed by atoms with Gasteiger partial charge in [-0.1, -0.05) is 39.8 Å². The molecule has 1 heterocycles. The number of thioether (sulfide) groups is 1. The molecule has 0 aliphatic carbocycles. The highest BCUT2D eigenvalue weighted by atomic mass is 79.9. The van der Waals surface area contributed by atoms with E-state index >= 15 is 0 Å². The number of rotatable bonds is 6. The number of aliphatic imine (C=N–C) groups is 1. The predicted octanol–water partition coefficient (Wildman–Crippen LogP) is 5.11. The van der Waals surface area contributed by atoms with Crippen molar-refractivity contribution in [2.24, 2.45) is 4.99 Å². The number of halogens is 1. The van der Waals surface area contributed by atoms with Crippen LogP contribution in [0.3, 0.4) is 0 Å². The number of para-hydroxylation sites is 2. The van der Waals surface area contributed by atoms with Crippen molar-refractivity contribution in [3.05, 3.63) is 64.8 Å². The molecule has 2 aromatic rings. The number of carbonyl (C=O) groups is 2. The molecule has 1 aliphatic rings. The monoisotopic (exact) mass is 473 g/mol. The van der Waals surface area contributed by atoms with E-state index < -0.39 is 0 Å². The zero-order valence-corrected chi connectivity index (χ0v) is 18.2. The Kier molecular flexibility index (Phi) is 7.48. The quantitative estimate of drug-likeness (QED) is 0.569. The Hall–Kier alpha value is -2.58. The van der Waals surface area contributed by atoms with Crippen molar-refractivity contribution < 1.29 is 14.3 Å². The van der Waals surface area contributed by atoms with Gasteiger partial charge in [0.25, 0.3) is 0 Å². The molecule has 0 fully saturated rings. The van der Waals surface area contributed by atoms with Crippen LogP contribution in [-0.2, 0) is 14.3 Å². The van der Waals surface area contributed by atoms with Crippen LogP contribution in [0.15, 0.2) is 69.8 Å². The second-order valence-electron chi connectivity index (χ2n) is 6.09. The zero-order chi connectivity index (χ0) is 20.6. The highest BCUT2D eigenvalue weighted by molar-refractivity contribution is 9.10. The molecule has 0 aromatic heterocycles. The molecule has 0 bridgehead atoms. The lowest BCUT2D eigenvalue weighted by Gasteiger charge is -2.10. The lowest BCUT2D eigenvalue weighted by atomic mass is 10.2. The van der Waals surface area contributed by atoms with Gasteiger partial charge in [-0.2, -0.15) is 0 Å². The second-order valence-corrected chi connectivity index (χ2v) is 8.00. The molecule has 2 N–H and O–H groups in total. The first-order valence-corrected chi connectivity index (χ1v) is 10.8. The number of nitrogens with zero attached hydrogens (tertiary/aromatic N) is 1. The molecule has 150 valence electrons. The summed E-state index contributed by atoms with van der Waals surface area (Å²) in [6.45, 7) is 2.10. The molecular weight excluding hydrogens is 454 g/mol. The largest absolute Gasteiger partial charge is 0.466 e. The average molecular weight is 474 g/mol. The second kappa shape index (κ2) is 10.3. The maximum atomic E-state index is 12.3. The average Bonchev–Trinajstić information content (AvgIpc) is 2.87. The first-order valence-electron chi connectivity index (χ1n) is 9.02. The van der Waals surface area contributed by atoms with Crippen LogP contribution in [0.2, 0.25) is 0 Å². The first kappa shape index (κ1) is 21.1. The summed E-state index contributed by atoms with van der Waals surface area (Å²) in [5.41, 5.74) is 2.96. The number of ether oxygens (including phenoxy) is 1. The summed E-state index contributed by atoms with van der Waals surface area (Å²) in [4.78, 5) is 28.9. The van der Waals surface area contributed by atoms with Crippen molar-refractivity contribution >= 4 is 61.7 Å². The summed E-state index contributed by atoms with van der Waals surface area (Å²) in [5.74, 6) is -0.255. The van der Waals surface area contributed by atoms with Gasteiger partial charge >= 0.3 is 5.97 Å². The van der Waals surface area contributed by atoms with Gasteiger partial charge in [0.15, 0.2) is 0 Å². The number of benzene rings is 2. The number of esters is 1. The summed E-state index contributed by atoms with van der Waals surface area (Å²) < 4.78 is 6.00. The van der Waals surface area contributed by atoms with Gasteiger partial charge in [0, 0.05) is 15.9 Å². The van der Waals surface area contributed by atoms with Crippen LogP contribution in [-0.4, -0.2) is 29.3 Å². The zero-order valence-electron chi connectivity index (χ0n) is 15.8. The molecule has 8 heteroatoms. The Morgan fingerprint density at radius 1 is 1.17 bits per heavy atom. The van der Waals surface area contributed by atoms with Crippen LogP contribution in [0.5, 0.6) is 0 Å². The molecule has 6 nitrogen and oxygen atoms in total. The number of nitrogens with one attached hydrogen (secondary N) is 2. The summed E-state index contributed by atoms with van der Waals surface area (Å²) in [6, 6.07) is 14.9. The van der Waals surface area contributed by atoms with Crippen LogP contribution in [0.1, 0.15) is 13.3 Å². The maximum Gasteiger partial charge on any atom is 0.311 e. The summed E-state index contributed by atoms with van der Waals surface area (Å²) in [6.07, 6.45) is 1.89. The Morgan fingerprint density at radius 3 is 2.69 bits per heavy atom. The van der Waals surface area contributed by atoms with E-state index in [1.807, 2.05) is 48.5 Å². The standard InChI is InChI=1S/C21H20BrN3O3S/c1-2-28-21(27)12-16-11-20(25-18-6-4-3-5-17(18)23-16)29-13-19(26)24-15-9-7-14(22)8-10-15/h3-11,23H,2,12-13H2,1H3,(H,24,26). The highest BCUT2D eigenvalue weighted by Crippen LogP contribution is 2.31. The van der Waals surface area contributed by atoms with E-state index in [1.165, 1.54) is 11.8 Å². The fourth-order valence-electron chi connectivity index (χ4n) is 2.59. The van der Waals surface area contributed by atoms with Gasteiger partial charge in [0.1, 0.15) is 0 Å². The van der Waals surface area contributed by atoms with Crippen molar-refractivity contribution in [1.82, 2.24) is 0 Å². The summed E-state index contributed by atoms with van der Waals surface area (Å²) in [7, 11) is 0. The smallest absolute Gasteiger partial charge is 0.311 e. The van der Waals surface area contributed by atoms with Gasteiger partial charge in [-0.3, -0.25) is 9.59 Å². The topological polar surface area (TPSA) is 79.8 Å². The molecule has 0 unspecified atom stereocenters. The SMILES string of the molecule is CCOC(=O)CC1=CC(SCC(=O)Nc2ccc(Br)cc2)=Nc2ccccc2N1. The van der Waals surface area contributed by atoms with E-state index in [1.54, 1.807) is 13.0 Å². The lowest BCUT2D eigenvalue weighted by Crippen LogP contribution is -2.15. The molecule has 0 saturated heterocycles. The van der Waals surface area contributed by atoms with Crippen LogP contribution in [0.25, 0.3) is 0 Å². The molecule has 0 spiro atoms. The highest BCUT2D eigenvalue weighted by Gasteiger charge is 2.15. The minimum Gasteiger partial charge on any atom is -0.466 e. The van der Waals surface area contributed by atoms with E-state index in [-0.39, 0.29) is 24.1 Å². The minimum atomic E-state index is -0.317. The number of fused-ring (bicyclic) bond motifs is 1. The normalized spacial score (nSPS) is 12.6. The molecule has 0 atom stereocenters. The molecule has 2 aromatic carbocycles. The first-order chi connectivity index (χ1) is 14.0. The van der Waals surface area contributed by atoms with Crippen LogP contribution in [0.4, 0.5) is 17.1 Å². The number of anilines is 2. The Morgan fingerprint density at radius 2 is 1.93 bits per heavy atom. The number of carbonyl (C=O) groups excluding carboxylic acids is 2. The molecule has 3 rings (SSSR count). The molecule has 0 radical (unpaired) electrons. The van der Waals surface area contributed by atoms with E-state index in [0.717, 1.165) is 21.5 Å². The van der Waals surface area contributed by atoms with Crippen LogP contribution < -0.4 is 10.6 Å². The number of hydrogen-bond donors (Lipinski definition) is 2. The van der Waals surface area contributed by atoms with E-state index in [0.29, 0.717) is 17.3 Å². The number of hydrogen-bond acceptors (Lipinski definition) is 6.